The molecule has 2 atom stereocenters. The zero-order valence-electron chi connectivity index (χ0n) is 10.8. The van der Waals surface area contributed by atoms with Gasteiger partial charge < -0.3 is 10.4 Å². The summed E-state index contributed by atoms with van der Waals surface area (Å²) in [5.41, 5.74) is 0.973. The van der Waals surface area contributed by atoms with E-state index in [4.69, 9.17) is 5.11 Å². The van der Waals surface area contributed by atoms with Crippen molar-refractivity contribution in [2.75, 3.05) is 6.54 Å². The van der Waals surface area contributed by atoms with Crippen molar-refractivity contribution in [3.05, 3.63) is 35.9 Å². The van der Waals surface area contributed by atoms with Gasteiger partial charge in [0.05, 0.1) is 12.3 Å². The van der Waals surface area contributed by atoms with Crippen LogP contribution in [0.4, 0.5) is 0 Å². The second kappa shape index (κ2) is 6.36. The first-order valence-electron chi connectivity index (χ1n) is 6.70. The Labute approximate surface area is 112 Å². The normalized spacial score (nSPS) is 22.1. The molecule has 2 rings (SSSR count). The fraction of sp³-hybridized carbons (Fsp3) is 0.467. The summed E-state index contributed by atoms with van der Waals surface area (Å²) in [6.07, 6.45) is 2.92. The average molecular weight is 261 g/mol. The summed E-state index contributed by atoms with van der Waals surface area (Å²) in [6, 6.07) is 9.54. The summed E-state index contributed by atoms with van der Waals surface area (Å²) < 4.78 is 0. The van der Waals surface area contributed by atoms with Gasteiger partial charge in [0.25, 0.3) is 0 Å². The molecule has 0 bridgehead atoms. The van der Waals surface area contributed by atoms with Crippen molar-refractivity contribution in [2.24, 2.45) is 11.8 Å². The van der Waals surface area contributed by atoms with Crippen LogP contribution in [-0.2, 0) is 16.0 Å². The summed E-state index contributed by atoms with van der Waals surface area (Å²) >= 11 is 0. The number of aliphatic carboxylic acids is 1. The molecule has 1 fully saturated rings. The molecule has 102 valence electrons. The maximum atomic E-state index is 11.8. The molecule has 0 spiro atoms. The third kappa shape index (κ3) is 3.81. The molecule has 1 aromatic rings. The van der Waals surface area contributed by atoms with Gasteiger partial charge in [0.2, 0.25) is 5.91 Å². The number of amides is 1. The molecule has 19 heavy (non-hydrogen) atoms. The lowest BCUT2D eigenvalue weighted by atomic mass is 9.96. The number of carbonyl (C=O) groups excluding carboxylic acids is 1. The average Bonchev–Trinajstić information content (AvgIpc) is 2.86. The molecular weight excluding hydrogens is 242 g/mol. The maximum absolute atomic E-state index is 11.8. The molecule has 1 aromatic carbocycles. The molecule has 0 saturated heterocycles. The van der Waals surface area contributed by atoms with Crippen molar-refractivity contribution in [1.82, 2.24) is 5.32 Å². The Kier molecular flexibility index (Phi) is 4.55. The Morgan fingerprint density at radius 3 is 2.63 bits per heavy atom. The minimum absolute atomic E-state index is 0.0396. The zero-order valence-corrected chi connectivity index (χ0v) is 10.8. The lowest BCUT2D eigenvalue weighted by Gasteiger charge is -2.16. The molecule has 0 heterocycles. The SMILES string of the molecule is O=C(Cc1ccccc1)NCC1CCCC1C(=O)O. The summed E-state index contributed by atoms with van der Waals surface area (Å²) in [7, 11) is 0. The van der Waals surface area contributed by atoms with Gasteiger partial charge >= 0.3 is 5.97 Å². The molecule has 1 aliphatic carbocycles. The highest BCUT2D eigenvalue weighted by molar-refractivity contribution is 5.78. The van der Waals surface area contributed by atoms with E-state index in [9.17, 15) is 9.59 Å². The first-order chi connectivity index (χ1) is 9.16. The first kappa shape index (κ1) is 13.6. The van der Waals surface area contributed by atoms with E-state index in [1.54, 1.807) is 0 Å². The number of carboxylic acids is 1. The van der Waals surface area contributed by atoms with Crippen LogP contribution in [0.2, 0.25) is 0 Å². The molecule has 2 N–H and O–H groups in total. The third-order valence-corrected chi connectivity index (χ3v) is 3.75. The standard InChI is InChI=1S/C15H19NO3/c17-14(9-11-5-2-1-3-6-11)16-10-12-7-4-8-13(12)15(18)19/h1-3,5-6,12-13H,4,7-10H2,(H,16,17)(H,18,19). The van der Waals surface area contributed by atoms with Crippen LogP contribution in [0.25, 0.3) is 0 Å². The quantitative estimate of drug-likeness (QED) is 0.850. The summed E-state index contributed by atoms with van der Waals surface area (Å²) in [6.45, 7) is 0.475. The van der Waals surface area contributed by atoms with Crippen LogP contribution in [0.3, 0.4) is 0 Å². The van der Waals surface area contributed by atoms with E-state index < -0.39 is 5.97 Å². The van der Waals surface area contributed by atoms with Gasteiger partial charge in [0.15, 0.2) is 0 Å². The molecule has 0 aromatic heterocycles. The Bertz CT molecular complexity index is 444. The summed E-state index contributed by atoms with van der Waals surface area (Å²) in [4.78, 5) is 22.8. The van der Waals surface area contributed by atoms with Crippen LogP contribution < -0.4 is 5.32 Å². The molecule has 0 aliphatic heterocycles. The highest BCUT2D eigenvalue weighted by atomic mass is 16.4. The van der Waals surface area contributed by atoms with Crippen molar-refractivity contribution >= 4 is 11.9 Å². The van der Waals surface area contributed by atoms with Gasteiger partial charge in [0, 0.05) is 6.54 Å². The largest absolute Gasteiger partial charge is 0.481 e. The summed E-state index contributed by atoms with van der Waals surface area (Å²) in [5, 5.41) is 11.9. The number of hydrogen-bond acceptors (Lipinski definition) is 2. The lowest BCUT2D eigenvalue weighted by Crippen LogP contribution is -2.33. The van der Waals surface area contributed by atoms with Crippen LogP contribution >= 0.6 is 0 Å². The minimum atomic E-state index is -0.736. The van der Waals surface area contributed by atoms with Gasteiger partial charge in [0.1, 0.15) is 0 Å². The van der Waals surface area contributed by atoms with E-state index >= 15 is 0 Å². The third-order valence-electron chi connectivity index (χ3n) is 3.75. The number of hydrogen-bond donors (Lipinski definition) is 2. The van der Waals surface area contributed by atoms with Gasteiger partial charge in [-0.3, -0.25) is 9.59 Å². The highest BCUT2D eigenvalue weighted by Gasteiger charge is 2.32. The van der Waals surface area contributed by atoms with Gasteiger partial charge in [-0.1, -0.05) is 36.8 Å². The van der Waals surface area contributed by atoms with Crippen molar-refractivity contribution < 1.29 is 14.7 Å². The van der Waals surface area contributed by atoms with Gasteiger partial charge in [-0.05, 0) is 24.3 Å². The Balaban J connectivity index is 1.79. The number of benzene rings is 1. The second-order valence-electron chi connectivity index (χ2n) is 5.10. The predicted molar refractivity (Wildman–Crippen MR) is 71.6 cm³/mol. The minimum Gasteiger partial charge on any atom is -0.481 e. The van der Waals surface area contributed by atoms with Crippen LogP contribution in [0, 0.1) is 11.8 Å². The van der Waals surface area contributed by atoms with Crippen molar-refractivity contribution in [2.45, 2.75) is 25.7 Å². The van der Waals surface area contributed by atoms with E-state index in [-0.39, 0.29) is 17.7 Å². The molecular formula is C15H19NO3. The number of nitrogens with one attached hydrogen (secondary N) is 1. The number of carbonyl (C=O) groups is 2. The molecule has 4 nitrogen and oxygen atoms in total. The second-order valence-corrected chi connectivity index (χ2v) is 5.10. The Morgan fingerprint density at radius 1 is 1.21 bits per heavy atom. The Morgan fingerprint density at radius 2 is 1.95 bits per heavy atom. The molecule has 4 heteroatoms. The molecule has 0 radical (unpaired) electrons. The van der Waals surface area contributed by atoms with Crippen LogP contribution in [0.15, 0.2) is 30.3 Å². The Hall–Kier alpha value is -1.84. The first-order valence-corrected chi connectivity index (χ1v) is 6.70. The predicted octanol–water partition coefficient (Wildman–Crippen LogP) is 1.85. The number of carboxylic acid groups (broad SMARTS) is 1. The maximum Gasteiger partial charge on any atom is 0.306 e. The van der Waals surface area contributed by atoms with Gasteiger partial charge in [-0.15, -0.1) is 0 Å². The summed E-state index contributed by atoms with van der Waals surface area (Å²) in [5.74, 6) is -0.990. The van der Waals surface area contributed by atoms with Crippen LogP contribution in [0.1, 0.15) is 24.8 Å². The van der Waals surface area contributed by atoms with Crippen LogP contribution in [-0.4, -0.2) is 23.5 Å². The fourth-order valence-corrected chi connectivity index (χ4v) is 2.69. The van der Waals surface area contributed by atoms with E-state index in [1.165, 1.54) is 0 Å². The number of rotatable bonds is 5. The van der Waals surface area contributed by atoms with E-state index in [0.717, 1.165) is 24.8 Å². The fourth-order valence-electron chi connectivity index (χ4n) is 2.69. The molecule has 1 saturated carbocycles. The van der Waals surface area contributed by atoms with Gasteiger partial charge in [-0.25, -0.2) is 0 Å². The topological polar surface area (TPSA) is 66.4 Å². The van der Waals surface area contributed by atoms with E-state index in [1.807, 2.05) is 30.3 Å². The van der Waals surface area contributed by atoms with Crippen molar-refractivity contribution in [1.29, 1.82) is 0 Å². The van der Waals surface area contributed by atoms with E-state index in [0.29, 0.717) is 13.0 Å². The highest BCUT2D eigenvalue weighted by Crippen LogP contribution is 2.31. The van der Waals surface area contributed by atoms with Crippen LogP contribution in [0.5, 0.6) is 0 Å². The molecule has 1 amide bonds. The molecule has 1 aliphatic rings. The van der Waals surface area contributed by atoms with Crippen molar-refractivity contribution in [3.8, 4) is 0 Å². The lowest BCUT2D eigenvalue weighted by molar-refractivity contribution is -0.143. The van der Waals surface area contributed by atoms with Gasteiger partial charge in [-0.2, -0.15) is 0 Å². The van der Waals surface area contributed by atoms with Crippen molar-refractivity contribution in [3.63, 3.8) is 0 Å². The zero-order chi connectivity index (χ0) is 13.7. The monoisotopic (exact) mass is 261 g/mol. The van der Waals surface area contributed by atoms with E-state index in [2.05, 4.69) is 5.32 Å². The molecule has 2 unspecified atom stereocenters. The smallest absolute Gasteiger partial charge is 0.306 e.